The number of rotatable bonds is 14. The highest BCUT2D eigenvalue weighted by Crippen LogP contribution is 2.21. The summed E-state index contributed by atoms with van der Waals surface area (Å²) in [6, 6.07) is 12.9. The third-order valence-corrected chi connectivity index (χ3v) is 8.12. The van der Waals surface area contributed by atoms with Crippen LogP contribution < -0.4 is 10.0 Å². The lowest BCUT2D eigenvalue weighted by Crippen LogP contribution is -2.43. The largest absolute Gasteiger partial charge is 0.507 e. The molecule has 41 heavy (non-hydrogen) atoms. The van der Waals surface area contributed by atoms with E-state index in [2.05, 4.69) is 10.0 Å². The van der Waals surface area contributed by atoms with Crippen LogP contribution in [0.5, 0.6) is 5.75 Å². The number of phenols is 1. The predicted molar refractivity (Wildman–Crippen MR) is 147 cm³/mol. The van der Waals surface area contributed by atoms with Crippen LogP contribution in [0, 0.1) is 5.82 Å². The van der Waals surface area contributed by atoms with Crippen molar-refractivity contribution in [1.82, 2.24) is 10.0 Å². The Morgan fingerprint density at radius 2 is 1.54 bits per heavy atom. The number of carboxylic acids is 2. The van der Waals surface area contributed by atoms with Gasteiger partial charge in [-0.1, -0.05) is 24.3 Å². The zero-order valence-electron chi connectivity index (χ0n) is 21.2. The Balaban J connectivity index is 1.59. The Bertz CT molecular complexity index is 1540. The van der Waals surface area contributed by atoms with E-state index < -0.39 is 63.2 Å². The van der Waals surface area contributed by atoms with E-state index in [1.54, 1.807) is 12.1 Å². The van der Waals surface area contributed by atoms with E-state index in [0.717, 1.165) is 23.8 Å². The minimum atomic E-state index is -4.14. The monoisotopic (exact) mass is 604 g/mol. The number of carboxylic acid groups (broad SMARTS) is 2. The van der Waals surface area contributed by atoms with Crippen LogP contribution in [0.1, 0.15) is 38.3 Å². The van der Waals surface area contributed by atoms with Crippen LogP contribution >= 0.6 is 11.8 Å². The first-order valence-corrected chi connectivity index (χ1v) is 14.5. The topological polar surface area (TPSA) is 187 Å². The number of ketones is 1. The molecule has 0 unspecified atom stereocenters. The second kappa shape index (κ2) is 13.9. The smallest absolute Gasteiger partial charge is 0.339 e. The number of carbonyl (C=O) groups excluding carboxylic acids is 2. The maximum Gasteiger partial charge on any atom is 0.339 e. The zero-order valence-corrected chi connectivity index (χ0v) is 22.9. The summed E-state index contributed by atoms with van der Waals surface area (Å²) in [5, 5.41) is 30.3. The van der Waals surface area contributed by atoms with Gasteiger partial charge in [-0.15, -0.1) is 11.8 Å². The summed E-state index contributed by atoms with van der Waals surface area (Å²) in [4.78, 5) is 47.4. The molecule has 0 spiro atoms. The molecule has 0 aliphatic carbocycles. The fraction of sp³-hybridized carbons (Fsp3) is 0.185. The van der Waals surface area contributed by atoms with Crippen molar-refractivity contribution in [1.29, 1.82) is 0 Å². The van der Waals surface area contributed by atoms with Crippen molar-refractivity contribution < 1.29 is 47.3 Å². The van der Waals surface area contributed by atoms with E-state index in [1.165, 1.54) is 48.2 Å². The number of halogens is 1. The van der Waals surface area contributed by atoms with E-state index in [-0.39, 0.29) is 22.8 Å². The number of sulfonamides is 1. The minimum Gasteiger partial charge on any atom is -0.507 e. The van der Waals surface area contributed by atoms with Crippen molar-refractivity contribution in [2.24, 2.45) is 0 Å². The molecule has 0 saturated heterocycles. The van der Waals surface area contributed by atoms with Crippen LogP contribution in [-0.4, -0.2) is 59.2 Å². The summed E-state index contributed by atoms with van der Waals surface area (Å²) in [5.74, 6) is -4.64. The average molecular weight is 605 g/mol. The molecule has 0 saturated carbocycles. The van der Waals surface area contributed by atoms with Crippen molar-refractivity contribution in [2.75, 3.05) is 5.75 Å². The van der Waals surface area contributed by atoms with Gasteiger partial charge in [0.15, 0.2) is 5.78 Å². The summed E-state index contributed by atoms with van der Waals surface area (Å²) < 4.78 is 40.5. The van der Waals surface area contributed by atoms with Crippen LogP contribution in [0.4, 0.5) is 4.39 Å². The second-order valence-corrected chi connectivity index (χ2v) is 11.5. The Labute approximate surface area is 238 Å². The Morgan fingerprint density at radius 1 is 0.902 bits per heavy atom. The number of hydrogen-bond donors (Lipinski definition) is 5. The highest BCUT2D eigenvalue weighted by atomic mass is 32.2. The number of hydrogen-bond acceptors (Lipinski definition) is 8. The number of aliphatic carboxylic acids is 1. The lowest BCUT2D eigenvalue weighted by molar-refractivity contribution is -0.139. The molecule has 0 fully saturated rings. The molecule has 1 atom stereocenters. The van der Waals surface area contributed by atoms with Gasteiger partial charge >= 0.3 is 11.9 Å². The Hall–Kier alpha value is -4.27. The SMILES string of the molecule is O=C(O)C[C@H](NC(=O)c1ccc(CNS(=O)(=O)c2ccc(O)c(C(=O)O)c2)cc1)C(=O)CSCc1ccc(F)cc1. The van der Waals surface area contributed by atoms with Gasteiger partial charge in [0.2, 0.25) is 10.0 Å². The first kappa shape index (κ1) is 31.3. The third kappa shape index (κ3) is 9.13. The number of thioether (sulfide) groups is 1. The van der Waals surface area contributed by atoms with Gasteiger partial charge in [-0.2, -0.15) is 0 Å². The number of carbonyl (C=O) groups is 4. The maximum absolute atomic E-state index is 13.0. The van der Waals surface area contributed by atoms with Gasteiger partial charge in [0, 0.05) is 17.9 Å². The van der Waals surface area contributed by atoms with E-state index >= 15 is 0 Å². The fourth-order valence-corrected chi connectivity index (χ4v) is 5.48. The normalized spacial score (nSPS) is 11.9. The van der Waals surface area contributed by atoms with E-state index in [1.807, 2.05) is 0 Å². The molecular weight excluding hydrogens is 579 g/mol. The van der Waals surface area contributed by atoms with E-state index in [9.17, 15) is 42.2 Å². The minimum absolute atomic E-state index is 0.0797. The summed E-state index contributed by atoms with van der Waals surface area (Å²) in [5.41, 5.74) is 0.744. The van der Waals surface area contributed by atoms with Gasteiger partial charge in [0.05, 0.1) is 23.1 Å². The third-order valence-electron chi connectivity index (χ3n) is 5.69. The first-order chi connectivity index (χ1) is 19.4. The average Bonchev–Trinajstić information content (AvgIpc) is 2.92. The zero-order chi connectivity index (χ0) is 30.2. The molecule has 0 aliphatic rings. The molecule has 0 aliphatic heterocycles. The van der Waals surface area contributed by atoms with Crippen LogP contribution in [0.3, 0.4) is 0 Å². The lowest BCUT2D eigenvalue weighted by Gasteiger charge is -2.16. The molecular formula is C27H25FN2O9S2. The molecule has 14 heteroatoms. The summed E-state index contributed by atoms with van der Waals surface area (Å²) >= 11 is 1.20. The molecule has 11 nitrogen and oxygen atoms in total. The number of amides is 1. The number of benzene rings is 3. The Kier molecular flexibility index (Phi) is 10.6. The Morgan fingerprint density at radius 3 is 2.15 bits per heavy atom. The second-order valence-electron chi connectivity index (χ2n) is 8.72. The number of aromatic hydroxyl groups is 1. The van der Waals surface area contributed by atoms with Gasteiger partial charge in [0.1, 0.15) is 17.1 Å². The molecule has 1 amide bonds. The fourth-order valence-electron chi connectivity index (χ4n) is 3.50. The molecule has 216 valence electrons. The predicted octanol–water partition coefficient (Wildman–Crippen LogP) is 2.78. The van der Waals surface area contributed by atoms with Crippen molar-refractivity contribution >= 4 is 45.4 Å². The summed E-state index contributed by atoms with van der Waals surface area (Å²) in [7, 11) is -4.14. The molecule has 0 aromatic heterocycles. The van der Waals surface area contributed by atoms with E-state index in [0.29, 0.717) is 11.3 Å². The van der Waals surface area contributed by atoms with Crippen LogP contribution in [0.2, 0.25) is 0 Å². The van der Waals surface area contributed by atoms with E-state index in [4.69, 9.17) is 5.11 Å². The van der Waals surface area contributed by atoms with Gasteiger partial charge < -0.3 is 20.6 Å². The molecule has 0 bridgehead atoms. The highest BCUT2D eigenvalue weighted by Gasteiger charge is 2.24. The van der Waals surface area contributed by atoms with Crippen molar-refractivity contribution in [3.63, 3.8) is 0 Å². The summed E-state index contributed by atoms with van der Waals surface area (Å²) in [6.45, 7) is -0.209. The molecule has 3 aromatic rings. The van der Waals surface area contributed by atoms with Gasteiger partial charge in [0.25, 0.3) is 5.91 Å². The maximum atomic E-state index is 13.0. The summed E-state index contributed by atoms with van der Waals surface area (Å²) in [6.07, 6.45) is -0.623. The van der Waals surface area contributed by atoms with Crippen LogP contribution in [0.25, 0.3) is 0 Å². The quantitative estimate of drug-likeness (QED) is 0.183. The van der Waals surface area contributed by atoms with Gasteiger partial charge in [-0.05, 0) is 53.6 Å². The van der Waals surface area contributed by atoms with Crippen LogP contribution in [0.15, 0.2) is 71.6 Å². The lowest BCUT2D eigenvalue weighted by atomic mass is 10.1. The molecule has 3 rings (SSSR count). The number of aromatic carboxylic acids is 1. The number of Topliss-reactive ketones (excluding diaryl/α,β-unsaturated/α-hetero) is 1. The standard InChI is InChI=1S/C27H25FN2O9S2/c28-19-7-3-17(4-8-19)14-40-15-24(32)22(12-25(33)34)30-26(35)18-5-1-16(2-6-18)13-29-41(38,39)20-9-10-23(31)21(11-20)27(36)37/h1-11,22,29,31H,12-15H2,(H,30,35)(H,33,34)(H,36,37)/t22-/m0/s1. The van der Waals surface area contributed by atoms with Gasteiger partial charge in [-0.3, -0.25) is 14.4 Å². The molecule has 0 heterocycles. The molecule has 0 radical (unpaired) electrons. The molecule has 3 aromatic carbocycles. The van der Waals surface area contributed by atoms with Crippen molar-refractivity contribution in [3.8, 4) is 5.75 Å². The van der Waals surface area contributed by atoms with Crippen LogP contribution in [-0.2, 0) is 31.9 Å². The van der Waals surface area contributed by atoms with Gasteiger partial charge in [-0.25, -0.2) is 22.3 Å². The van der Waals surface area contributed by atoms with Crippen molar-refractivity contribution in [2.45, 2.75) is 29.7 Å². The molecule has 5 N–H and O–H groups in total. The first-order valence-electron chi connectivity index (χ1n) is 11.9. The van der Waals surface area contributed by atoms with Crippen molar-refractivity contribution in [3.05, 3.63) is 94.8 Å². The number of nitrogens with one attached hydrogen (secondary N) is 2. The highest BCUT2D eigenvalue weighted by molar-refractivity contribution is 7.99.